The average molecular weight is 480 g/mol. The van der Waals surface area contributed by atoms with Crippen molar-refractivity contribution in [2.24, 2.45) is 0 Å². The first-order valence-corrected chi connectivity index (χ1v) is 10.8. The number of fused-ring (bicyclic) bond motifs is 1. The number of halogens is 1. The van der Waals surface area contributed by atoms with E-state index < -0.39 is 0 Å². The number of benzene rings is 3. The van der Waals surface area contributed by atoms with Crippen LogP contribution in [0.25, 0.3) is 22.1 Å². The molecule has 174 valence electrons. The van der Waals surface area contributed by atoms with Crippen molar-refractivity contribution in [2.75, 3.05) is 26.1 Å². The molecular formula is C26H22ClNO6. The smallest absolute Gasteiger partial charge is 0.262 e. The molecule has 0 saturated heterocycles. The van der Waals surface area contributed by atoms with E-state index in [1.807, 2.05) is 0 Å². The molecule has 8 heteroatoms. The monoisotopic (exact) mass is 479 g/mol. The summed E-state index contributed by atoms with van der Waals surface area (Å²) in [6.07, 6.45) is 0. The van der Waals surface area contributed by atoms with E-state index in [0.717, 1.165) is 5.56 Å². The van der Waals surface area contributed by atoms with Gasteiger partial charge in [-0.3, -0.25) is 9.59 Å². The molecule has 0 spiro atoms. The van der Waals surface area contributed by atoms with Crippen LogP contribution in [0.15, 0.2) is 69.9 Å². The molecule has 0 radical (unpaired) electrons. The van der Waals surface area contributed by atoms with Crippen LogP contribution in [0.3, 0.4) is 0 Å². The van der Waals surface area contributed by atoms with Gasteiger partial charge in [-0.25, -0.2) is 0 Å². The van der Waals surface area contributed by atoms with Crippen LogP contribution in [0.4, 0.5) is 5.69 Å². The zero-order chi connectivity index (χ0) is 24.2. The Bertz CT molecular complexity index is 1410. The van der Waals surface area contributed by atoms with Crippen molar-refractivity contribution in [1.82, 2.24) is 0 Å². The van der Waals surface area contributed by atoms with E-state index in [1.54, 1.807) is 67.6 Å². The highest BCUT2D eigenvalue weighted by molar-refractivity contribution is 6.30. The second kappa shape index (κ2) is 9.89. The van der Waals surface area contributed by atoms with Crippen molar-refractivity contribution in [3.63, 3.8) is 0 Å². The summed E-state index contributed by atoms with van der Waals surface area (Å²) < 4.78 is 22.0. The Hall–Kier alpha value is -3.97. The lowest BCUT2D eigenvalue weighted by molar-refractivity contribution is -0.118. The molecule has 4 aromatic rings. The number of methoxy groups -OCH3 is 2. The first-order valence-electron chi connectivity index (χ1n) is 10.4. The molecule has 0 atom stereocenters. The first-order chi connectivity index (χ1) is 16.4. The number of anilines is 1. The van der Waals surface area contributed by atoms with Crippen LogP contribution in [0.2, 0.25) is 5.02 Å². The first kappa shape index (κ1) is 23.2. The Morgan fingerprint density at radius 1 is 0.971 bits per heavy atom. The molecule has 0 aliphatic carbocycles. The summed E-state index contributed by atoms with van der Waals surface area (Å²) in [4.78, 5) is 25.4. The van der Waals surface area contributed by atoms with E-state index in [1.165, 1.54) is 14.2 Å². The third kappa shape index (κ3) is 4.84. The van der Waals surface area contributed by atoms with Crippen molar-refractivity contribution in [2.45, 2.75) is 6.92 Å². The molecule has 1 heterocycles. The molecule has 0 saturated carbocycles. The van der Waals surface area contributed by atoms with Crippen LogP contribution in [0.5, 0.6) is 17.2 Å². The van der Waals surface area contributed by atoms with Crippen LogP contribution in [-0.4, -0.2) is 26.7 Å². The SMILES string of the molecule is COc1ccc(NC(=O)COc2ccc3c(=O)c(-c4ccc(Cl)cc4)c(C)oc3c2)cc1OC. The van der Waals surface area contributed by atoms with Crippen LogP contribution in [-0.2, 0) is 4.79 Å². The predicted octanol–water partition coefficient (Wildman–Crippen LogP) is 5.46. The molecular weight excluding hydrogens is 458 g/mol. The van der Waals surface area contributed by atoms with Gasteiger partial charge in [-0.2, -0.15) is 0 Å². The molecule has 0 unspecified atom stereocenters. The van der Waals surface area contributed by atoms with Gasteiger partial charge in [-0.1, -0.05) is 23.7 Å². The topological polar surface area (TPSA) is 87.0 Å². The predicted molar refractivity (Wildman–Crippen MR) is 131 cm³/mol. The van der Waals surface area contributed by atoms with E-state index in [2.05, 4.69) is 5.32 Å². The summed E-state index contributed by atoms with van der Waals surface area (Å²) in [5, 5.41) is 3.74. The summed E-state index contributed by atoms with van der Waals surface area (Å²) in [6, 6.07) is 16.9. The van der Waals surface area contributed by atoms with Gasteiger partial charge in [-0.05, 0) is 48.9 Å². The lowest BCUT2D eigenvalue weighted by Crippen LogP contribution is -2.20. The molecule has 0 aliphatic heterocycles. The van der Waals surface area contributed by atoms with E-state index >= 15 is 0 Å². The van der Waals surface area contributed by atoms with Gasteiger partial charge >= 0.3 is 0 Å². The maximum atomic E-state index is 13.1. The zero-order valence-corrected chi connectivity index (χ0v) is 19.6. The third-order valence-electron chi connectivity index (χ3n) is 5.21. The molecule has 1 aromatic heterocycles. The van der Waals surface area contributed by atoms with Gasteiger partial charge < -0.3 is 23.9 Å². The lowest BCUT2D eigenvalue weighted by Gasteiger charge is -2.12. The van der Waals surface area contributed by atoms with E-state index in [-0.39, 0.29) is 17.9 Å². The number of aryl methyl sites for hydroxylation is 1. The van der Waals surface area contributed by atoms with Gasteiger partial charge in [0.05, 0.1) is 25.2 Å². The Morgan fingerprint density at radius 3 is 2.41 bits per heavy atom. The van der Waals surface area contributed by atoms with Crippen molar-refractivity contribution in [1.29, 1.82) is 0 Å². The average Bonchev–Trinajstić information content (AvgIpc) is 2.83. The number of nitrogens with one attached hydrogen (secondary N) is 1. The summed E-state index contributed by atoms with van der Waals surface area (Å²) >= 11 is 5.96. The number of ether oxygens (including phenoxy) is 3. The summed E-state index contributed by atoms with van der Waals surface area (Å²) in [6.45, 7) is 1.50. The molecule has 0 fully saturated rings. The summed E-state index contributed by atoms with van der Waals surface area (Å²) in [5.74, 6) is 1.57. The van der Waals surface area contributed by atoms with Crippen LogP contribution in [0, 0.1) is 6.92 Å². The fourth-order valence-corrected chi connectivity index (χ4v) is 3.71. The molecule has 1 amide bonds. The van der Waals surface area contributed by atoms with Gasteiger partial charge in [0.15, 0.2) is 18.1 Å². The number of hydrogen-bond donors (Lipinski definition) is 1. The second-order valence-electron chi connectivity index (χ2n) is 7.43. The highest BCUT2D eigenvalue weighted by atomic mass is 35.5. The molecule has 34 heavy (non-hydrogen) atoms. The Balaban J connectivity index is 1.50. The van der Waals surface area contributed by atoms with Crippen molar-refractivity contribution >= 4 is 34.2 Å². The van der Waals surface area contributed by atoms with Crippen molar-refractivity contribution in [3.8, 4) is 28.4 Å². The zero-order valence-electron chi connectivity index (χ0n) is 18.8. The van der Waals surface area contributed by atoms with Gasteiger partial charge in [0.2, 0.25) is 5.43 Å². The van der Waals surface area contributed by atoms with E-state index in [4.69, 9.17) is 30.2 Å². The molecule has 4 rings (SSSR count). The minimum Gasteiger partial charge on any atom is -0.493 e. The second-order valence-corrected chi connectivity index (χ2v) is 7.87. The third-order valence-corrected chi connectivity index (χ3v) is 5.46. The van der Waals surface area contributed by atoms with E-state index in [0.29, 0.717) is 50.3 Å². The van der Waals surface area contributed by atoms with Gasteiger partial charge in [-0.15, -0.1) is 0 Å². The Kier molecular flexibility index (Phi) is 6.75. The van der Waals surface area contributed by atoms with E-state index in [9.17, 15) is 9.59 Å². The summed E-state index contributed by atoms with van der Waals surface area (Å²) in [7, 11) is 3.06. The summed E-state index contributed by atoms with van der Waals surface area (Å²) in [5.41, 5.74) is 1.97. The lowest BCUT2D eigenvalue weighted by atomic mass is 10.0. The number of rotatable bonds is 7. The number of carbonyl (C=O) groups is 1. The fraction of sp³-hybridized carbons (Fsp3) is 0.154. The highest BCUT2D eigenvalue weighted by Gasteiger charge is 2.15. The number of amides is 1. The Morgan fingerprint density at radius 2 is 1.71 bits per heavy atom. The molecule has 7 nitrogen and oxygen atoms in total. The van der Waals surface area contributed by atoms with Gasteiger partial charge in [0.25, 0.3) is 5.91 Å². The van der Waals surface area contributed by atoms with Crippen molar-refractivity contribution in [3.05, 3.63) is 81.7 Å². The maximum absolute atomic E-state index is 13.1. The molecule has 1 N–H and O–H groups in total. The standard InChI is InChI=1S/C26H22ClNO6/c1-15-25(16-4-6-17(27)7-5-16)26(30)20-10-9-19(13-22(20)34-15)33-14-24(29)28-18-8-11-21(31-2)23(12-18)32-3/h4-13H,14H2,1-3H3,(H,28,29). The largest absolute Gasteiger partial charge is 0.493 e. The molecule has 3 aromatic carbocycles. The minimum atomic E-state index is -0.358. The van der Waals surface area contributed by atoms with Crippen molar-refractivity contribution < 1.29 is 23.4 Å². The maximum Gasteiger partial charge on any atom is 0.262 e. The minimum absolute atomic E-state index is 0.154. The Labute approximate surface area is 200 Å². The molecule has 0 aliphatic rings. The quantitative estimate of drug-likeness (QED) is 0.379. The highest BCUT2D eigenvalue weighted by Crippen LogP contribution is 2.30. The van der Waals surface area contributed by atoms with Crippen LogP contribution < -0.4 is 25.0 Å². The van der Waals surface area contributed by atoms with Crippen LogP contribution >= 0.6 is 11.6 Å². The fourth-order valence-electron chi connectivity index (χ4n) is 3.59. The van der Waals surface area contributed by atoms with Gasteiger partial charge in [0.1, 0.15) is 17.1 Å². The van der Waals surface area contributed by atoms with Crippen LogP contribution in [0.1, 0.15) is 5.76 Å². The molecule has 0 bridgehead atoms. The number of hydrogen-bond acceptors (Lipinski definition) is 6. The normalized spacial score (nSPS) is 10.7. The number of carbonyl (C=O) groups excluding carboxylic acids is 1. The van der Waals surface area contributed by atoms with Gasteiger partial charge in [0, 0.05) is 22.8 Å².